The molecule has 1 heterocycles. The number of aromatic nitrogens is 2. The molecule has 0 saturated heterocycles. The highest BCUT2D eigenvalue weighted by Gasteiger charge is 2.16. The molecule has 1 aromatic heterocycles. The first-order chi connectivity index (χ1) is 9.90. The van der Waals surface area contributed by atoms with Crippen LogP contribution in [0.3, 0.4) is 0 Å². The van der Waals surface area contributed by atoms with E-state index >= 15 is 0 Å². The van der Waals surface area contributed by atoms with Gasteiger partial charge in [0, 0.05) is 11.9 Å². The molecular weight excluding hydrogens is 250 g/mol. The lowest BCUT2D eigenvalue weighted by atomic mass is 10.2. The van der Waals surface area contributed by atoms with E-state index in [1.807, 2.05) is 30.3 Å². The number of benzene rings is 1. The summed E-state index contributed by atoms with van der Waals surface area (Å²) in [7, 11) is 0. The number of hydrogen-bond donors (Lipinski definition) is 1. The van der Waals surface area contributed by atoms with Crippen molar-refractivity contribution < 1.29 is 4.74 Å². The van der Waals surface area contributed by atoms with Crippen LogP contribution in [0.15, 0.2) is 42.9 Å². The Labute approximate surface area is 119 Å². The lowest BCUT2D eigenvalue weighted by Crippen LogP contribution is -2.10. The van der Waals surface area contributed by atoms with E-state index in [-0.39, 0.29) is 0 Å². The molecule has 0 aliphatic heterocycles. The number of anilines is 1. The van der Waals surface area contributed by atoms with Crippen LogP contribution in [0.2, 0.25) is 0 Å². The molecule has 0 radical (unpaired) electrons. The van der Waals surface area contributed by atoms with Crippen LogP contribution in [0.1, 0.15) is 31.4 Å². The van der Waals surface area contributed by atoms with Gasteiger partial charge >= 0.3 is 0 Å². The van der Waals surface area contributed by atoms with Gasteiger partial charge in [-0.1, -0.05) is 0 Å². The Bertz CT molecular complexity index is 521. The maximum atomic E-state index is 5.94. The monoisotopic (exact) mass is 269 g/mol. The third-order valence-corrected chi connectivity index (χ3v) is 3.58. The molecule has 0 amide bonds. The fourth-order valence-corrected chi connectivity index (χ4v) is 2.47. The Balaban J connectivity index is 1.53. The zero-order chi connectivity index (χ0) is 13.6. The van der Waals surface area contributed by atoms with Crippen LogP contribution in [0, 0.1) is 0 Å². The summed E-state index contributed by atoms with van der Waals surface area (Å²) >= 11 is 0. The van der Waals surface area contributed by atoms with E-state index < -0.39 is 0 Å². The van der Waals surface area contributed by atoms with Gasteiger partial charge in [-0.25, -0.2) is 9.97 Å². The van der Waals surface area contributed by atoms with Crippen molar-refractivity contribution in [3.63, 3.8) is 0 Å². The summed E-state index contributed by atoms with van der Waals surface area (Å²) in [6.45, 7) is 0.700. The van der Waals surface area contributed by atoms with E-state index in [0.717, 1.165) is 17.1 Å². The largest absolute Gasteiger partial charge is 0.490 e. The van der Waals surface area contributed by atoms with Crippen LogP contribution in [-0.2, 0) is 6.54 Å². The Hall–Kier alpha value is -2.10. The van der Waals surface area contributed by atoms with Crippen LogP contribution in [-0.4, -0.2) is 16.1 Å². The number of rotatable bonds is 5. The minimum Gasteiger partial charge on any atom is -0.490 e. The fourth-order valence-electron chi connectivity index (χ4n) is 2.47. The lowest BCUT2D eigenvalue weighted by Gasteiger charge is -2.13. The second-order valence-electron chi connectivity index (χ2n) is 5.10. The van der Waals surface area contributed by atoms with Gasteiger partial charge in [0.1, 0.15) is 12.1 Å². The van der Waals surface area contributed by atoms with Crippen molar-refractivity contribution in [1.29, 1.82) is 0 Å². The molecule has 4 heteroatoms. The molecule has 1 N–H and O–H groups in total. The quantitative estimate of drug-likeness (QED) is 0.903. The molecule has 1 aromatic carbocycles. The number of nitrogens with one attached hydrogen (secondary N) is 1. The van der Waals surface area contributed by atoms with Crippen molar-refractivity contribution in [2.24, 2.45) is 0 Å². The molecule has 104 valence electrons. The first kappa shape index (κ1) is 12.9. The molecule has 2 aromatic rings. The molecular formula is C16H19N3O. The molecule has 0 bridgehead atoms. The first-order valence-corrected chi connectivity index (χ1v) is 7.16. The standard InChI is InChI=1S/C16H19N3O/c1-2-4-15(3-1)20-16-7-5-13(6-8-16)18-11-14-9-10-17-12-19-14/h5-10,12,15,18H,1-4,11H2. The van der Waals surface area contributed by atoms with Crippen LogP contribution < -0.4 is 10.1 Å². The van der Waals surface area contributed by atoms with Gasteiger partial charge in [-0.2, -0.15) is 0 Å². The third kappa shape index (κ3) is 3.47. The van der Waals surface area contributed by atoms with Gasteiger partial charge in [-0.15, -0.1) is 0 Å². The summed E-state index contributed by atoms with van der Waals surface area (Å²) < 4.78 is 5.94. The average Bonchev–Trinajstić information content (AvgIpc) is 3.01. The van der Waals surface area contributed by atoms with Crippen molar-refractivity contribution >= 4 is 5.69 Å². The average molecular weight is 269 g/mol. The Morgan fingerprint density at radius 2 is 1.90 bits per heavy atom. The van der Waals surface area contributed by atoms with Gasteiger partial charge in [-0.3, -0.25) is 0 Å². The van der Waals surface area contributed by atoms with E-state index in [9.17, 15) is 0 Å². The highest BCUT2D eigenvalue weighted by atomic mass is 16.5. The molecule has 0 atom stereocenters. The molecule has 0 spiro atoms. The Kier molecular flexibility index (Phi) is 4.11. The zero-order valence-electron chi connectivity index (χ0n) is 11.5. The molecule has 1 saturated carbocycles. The van der Waals surface area contributed by atoms with Gasteiger partial charge in [0.25, 0.3) is 0 Å². The SMILES string of the molecule is c1cc(CNc2ccc(OC3CCCC3)cc2)ncn1. The minimum absolute atomic E-state index is 0.412. The molecule has 0 unspecified atom stereocenters. The highest BCUT2D eigenvalue weighted by molar-refractivity contribution is 5.46. The predicted octanol–water partition coefficient (Wildman–Crippen LogP) is 3.41. The molecule has 3 rings (SSSR count). The predicted molar refractivity (Wildman–Crippen MR) is 78.7 cm³/mol. The van der Waals surface area contributed by atoms with Crippen LogP contribution in [0.5, 0.6) is 5.75 Å². The minimum atomic E-state index is 0.412. The summed E-state index contributed by atoms with van der Waals surface area (Å²) in [4.78, 5) is 8.09. The van der Waals surface area contributed by atoms with E-state index in [1.54, 1.807) is 12.5 Å². The van der Waals surface area contributed by atoms with Crippen molar-refractivity contribution in [2.75, 3.05) is 5.32 Å². The Morgan fingerprint density at radius 3 is 2.60 bits per heavy atom. The fraction of sp³-hybridized carbons (Fsp3) is 0.375. The molecule has 20 heavy (non-hydrogen) atoms. The van der Waals surface area contributed by atoms with Gasteiger partial charge in [0.15, 0.2) is 0 Å². The van der Waals surface area contributed by atoms with Crippen LogP contribution in [0.4, 0.5) is 5.69 Å². The third-order valence-electron chi connectivity index (χ3n) is 3.58. The van der Waals surface area contributed by atoms with Crippen molar-refractivity contribution in [2.45, 2.75) is 38.3 Å². The summed E-state index contributed by atoms with van der Waals surface area (Å²) in [5.74, 6) is 0.962. The maximum Gasteiger partial charge on any atom is 0.119 e. The molecule has 1 aliphatic rings. The molecule has 1 aliphatic carbocycles. The van der Waals surface area contributed by atoms with E-state index in [4.69, 9.17) is 4.74 Å². The van der Waals surface area contributed by atoms with Gasteiger partial charge in [0.2, 0.25) is 0 Å². The lowest BCUT2D eigenvalue weighted by molar-refractivity contribution is 0.210. The van der Waals surface area contributed by atoms with Crippen molar-refractivity contribution in [1.82, 2.24) is 9.97 Å². The summed E-state index contributed by atoms with van der Waals surface area (Å²) in [6.07, 6.45) is 8.70. The van der Waals surface area contributed by atoms with Crippen LogP contribution in [0.25, 0.3) is 0 Å². The second kappa shape index (κ2) is 6.37. The summed E-state index contributed by atoms with van der Waals surface area (Å²) in [6, 6.07) is 10.1. The summed E-state index contributed by atoms with van der Waals surface area (Å²) in [5.41, 5.74) is 2.05. The van der Waals surface area contributed by atoms with E-state index in [0.29, 0.717) is 12.6 Å². The first-order valence-electron chi connectivity index (χ1n) is 7.16. The van der Waals surface area contributed by atoms with E-state index in [2.05, 4.69) is 15.3 Å². The van der Waals surface area contributed by atoms with Crippen molar-refractivity contribution in [3.05, 3.63) is 48.5 Å². The van der Waals surface area contributed by atoms with Crippen molar-refractivity contribution in [3.8, 4) is 5.75 Å². The number of hydrogen-bond acceptors (Lipinski definition) is 4. The Morgan fingerprint density at radius 1 is 1.10 bits per heavy atom. The number of nitrogens with zero attached hydrogens (tertiary/aromatic N) is 2. The zero-order valence-corrected chi connectivity index (χ0v) is 11.5. The smallest absolute Gasteiger partial charge is 0.119 e. The van der Waals surface area contributed by atoms with Gasteiger partial charge < -0.3 is 10.1 Å². The highest BCUT2D eigenvalue weighted by Crippen LogP contribution is 2.25. The molecule has 1 fully saturated rings. The maximum absolute atomic E-state index is 5.94. The van der Waals surface area contributed by atoms with E-state index in [1.165, 1.54) is 25.7 Å². The topological polar surface area (TPSA) is 47.0 Å². The van der Waals surface area contributed by atoms with Gasteiger partial charge in [-0.05, 0) is 56.0 Å². The van der Waals surface area contributed by atoms with Gasteiger partial charge in [0.05, 0.1) is 18.3 Å². The number of ether oxygens (including phenoxy) is 1. The summed E-state index contributed by atoms with van der Waals surface area (Å²) in [5, 5.41) is 3.34. The van der Waals surface area contributed by atoms with Crippen LogP contribution >= 0.6 is 0 Å². The second-order valence-corrected chi connectivity index (χ2v) is 5.10. The normalized spacial score (nSPS) is 15.2. The molecule has 4 nitrogen and oxygen atoms in total.